The Morgan fingerprint density at radius 2 is 1.67 bits per heavy atom. The highest BCUT2D eigenvalue weighted by atomic mass is 32.2. The van der Waals surface area contributed by atoms with Crippen LogP contribution in [0.3, 0.4) is 0 Å². The second-order valence-corrected chi connectivity index (χ2v) is 5.31. The highest BCUT2D eigenvalue weighted by molar-refractivity contribution is 7.99. The second-order valence-electron chi connectivity index (χ2n) is 4.14. The molecule has 0 fully saturated rings. The maximum absolute atomic E-state index is 5.96. The molecule has 0 aliphatic rings. The molecule has 0 bridgehead atoms. The predicted octanol–water partition coefficient (Wildman–Crippen LogP) is 3.50. The lowest BCUT2D eigenvalue weighted by atomic mass is 10.2. The first kappa shape index (κ1) is 12.8. The largest absolute Gasteiger partial charge is 0.397 e. The molecule has 2 N–H and O–H groups in total. The molecule has 0 radical (unpaired) electrons. The zero-order chi connectivity index (χ0) is 12.8. The van der Waals surface area contributed by atoms with Gasteiger partial charge in [0.05, 0.1) is 11.4 Å². The summed E-state index contributed by atoms with van der Waals surface area (Å²) in [7, 11) is 2.08. The molecule has 0 aliphatic carbocycles. The fraction of sp³-hybridized carbons (Fsp3) is 0.200. The van der Waals surface area contributed by atoms with Gasteiger partial charge in [-0.25, -0.2) is 0 Å². The van der Waals surface area contributed by atoms with Gasteiger partial charge in [-0.1, -0.05) is 30.3 Å². The first-order valence-corrected chi connectivity index (χ1v) is 6.99. The van der Waals surface area contributed by atoms with Crippen molar-refractivity contribution < 1.29 is 0 Å². The average molecular weight is 258 g/mol. The molecule has 0 amide bonds. The van der Waals surface area contributed by atoms with Gasteiger partial charge in [-0.2, -0.15) is 0 Å². The van der Waals surface area contributed by atoms with E-state index in [-0.39, 0.29) is 0 Å². The Morgan fingerprint density at radius 1 is 1.00 bits per heavy atom. The van der Waals surface area contributed by atoms with Gasteiger partial charge in [0.15, 0.2) is 0 Å². The van der Waals surface area contributed by atoms with Gasteiger partial charge in [0.1, 0.15) is 0 Å². The van der Waals surface area contributed by atoms with Crippen LogP contribution in [-0.4, -0.2) is 19.3 Å². The number of benzene rings is 2. The molecule has 3 heteroatoms. The molecule has 0 unspecified atom stereocenters. The maximum Gasteiger partial charge on any atom is 0.0597 e. The number of thioether (sulfide) groups is 1. The first-order chi connectivity index (χ1) is 8.77. The van der Waals surface area contributed by atoms with E-state index in [0.717, 1.165) is 23.7 Å². The van der Waals surface area contributed by atoms with Gasteiger partial charge in [-0.05, 0) is 24.3 Å². The van der Waals surface area contributed by atoms with E-state index < -0.39 is 0 Å². The summed E-state index contributed by atoms with van der Waals surface area (Å²) in [5, 5.41) is 0. The minimum absolute atomic E-state index is 0.838. The quantitative estimate of drug-likeness (QED) is 0.657. The zero-order valence-corrected chi connectivity index (χ0v) is 11.4. The molecular weight excluding hydrogens is 240 g/mol. The van der Waals surface area contributed by atoms with Gasteiger partial charge in [0.2, 0.25) is 0 Å². The van der Waals surface area contributed by atoms with E-state index in [2.05, 4.69) is 42.3 Å². The lowest BCUT2D eigenvalue weighted by molar-refractivity contribution is 0.979. The smallest absolute Gasteiger partial charge is 0.0597 e. The third-order valence-corrected chi connectivity index (χ3v) is 3.78. The fourth-order valence-corrected chi connectivity index (χ4v) is 2.72. The van der Waals surface area contributed by atoms with Gasteiger partial charge in [0.25, 0.3) is 0 Å². The van der Waals surface area contributed by atoms with Gasteiger partial charge >= 0.3 is 0 Å². The first-order valence-electron chi connectivity index (χ1n) is 6.01. The summed E-state index contributed by atoms with van der Waals surface area (Å²) in [5.41, 5.74) is 7.90. The maximum atomic E-state index is 5.96. The second kappa shape index (κ2) is 6.36. The Kier molecular flexibility index (Phi) is 4.53. The Labute approximate surface area is 113 Å². The van der Waals surface area contributed by atoms with Crippen LogP contribution in [0.1, 0.15) is 0 Å². The molecular formula is C15H18N2S. The molecule has 0 heterocycles. The Bertz CT molecular complexity index is 485. The number of nitrogen functional groups attached to an aromatic ring is 1. The standard InChI is InChI=1S/C15H18N2S/c1-17(15-10-6-5-9-14(15)16)11-12-18-13-7-3-2-4-8-13/h2-10H,11-12,16H2,1H3. The van der Waals surface area contributed by atoms with Crippen molar-refractivity contribution in [2.45, 2.75) is 4.90 Å². The molecule has 94 valence electrons. The molecule has 2 rings (SSSR count). The number of hydrogen-bond donors (Lipinski definition) is 1. The molecule has 18 heavy (non-hydrogen) atoms. The molecule has 0 aliphatic heterocycles. The van der Waals surface area contributed by atoms with Crippen molar-refractivity contribution in [3.05, 3.63) is 54.6 Å². The molecule has 0 spiro atoms. The van der Waals surface area contributed by atoms with Gasteiger partial charge < -0.3 is 10.6 Å². The van der Waals surface area contributed by atoms with Crippen LogP contribution in [0, 0.1) is 0 Å². The molecule has 0 saturated heterocycles. The van der Waals surface area contributed by atoms with Crippen molar-refractivity contribution in [1.29, 1.82) is 0 Å². The molecule has 2 aromatic rings. The molecule has 0 atom stereocenters. The van der Waals surface area contributed by atoms with Crippen molar-refractivity contribution in [2.75, 3.05) is 30.0 Å². The van der Waals surface area contributed by atoms with Gasteiger partial charge in [0, 0.05) is 24.2 Å². The Morgan fingerprint density at radius 3 is 2.39 bits per heavy atom. The van der Waals surface area contributed by atoms with Crippen LogP contribution < -0.4 is 10.6 Å². The summed E-state index contributed by atoms with van der Waals surface area (Å²) in [4.78, 5) is 3.51. The minimum atomic E-state index is 0.838. The van der Waals surface area contributed by atoms with Crippen molar-refractivity contribution >= 4 is 23.1 Å². The average Bonchev–Trinajstić information content (AvgIpc) is 2.40. The number of hydrogen-bond acceptors (Lipinski definition) is 3. The van der Waals surface area contributed by atoms with Crippen LogP contribution in [-0.2, 0) is 0 Å². The van der Waals surface area contributed by atoms with Gasteiger partial charge in [-0.15, -0.1) is 11.8 Å². The van der Waals surface area contributed by atoms with Crippen molar-refractivity contribution in [2.24, 2.45) is 0 Å². The van der Waals surface area contributed by atoms with E-state index >= 15 is 0 Å². The van der Waals surface area contributed by atoms with E-state index in [9.17, 15) is 0 Å². The number of para-hydroxylation sites is 2. The third-order valence-electron chi connectivity index (χ3n) is 2.79. The number of nitrogens with two attached hydrogens (primary N) is 1. The number of nitrogens with zero attached hydrogens (tertiary/aromatic N) is 1. The van der Waals surface area contributed by atoms with Crippen LogP contribution in [0.2, 0.25) is 0 Å². The highest BCUT2D eigenvalue weighted by Gasteiger charge is 2.03. The summed E-state index contributed by atoms with van der Waals surface area (Å²) < 4.78 is 0. The van der Waals surface area contributed by atoms with E-state index in [1.54, 1.807) is 0 Å². The van der Waals surface area contributed by atoms with E-state index in [4.69, 9.17) is 5.73 Å². The highest BCUT2D eigenvalue weighted by Crippen LogP contribution is 2.22. The summed E-state index contributed by atoms with van der Waals surface area (Å²) in [6.07, 6.45) is 0. The summed E-state index contributed by atoms with van der Waals surface area (Å²) in [5.74, 6) is 1.05. The SMILES string of the molecule is CN(CCSc1ccccc1)c1ccccc1N. The Balaban J connectivity index is 1.86. The zero-order valence-electron chi connectivity index (χ0n) is 10.5. The van der Waals surface area contributed by atoms with Crippen molar-refractivity contribution in [1.82, 2.24) is 0 Å². The molecule has 2 nitrogen and oxygen atoms in total. The Hall–Kier alpha value is -1.61. The number of anilines is 2. The van der Waals surface area contributed by atoms with Crippen LogP contribution in [0.15, 0.2) is 59.5 Å². The lowest BCUT2D eigenvalue weighted by Gasteiger charge is -2.20. The molecule has 0 saturated carbocycles. The van der Waals surface area contributed by atoms with E-state index in [1.165, 1.54) is 4.90 Å². The van der Waals surface area contributed by atoms with Crippen LogP contribution in [0.4, 0.5) is 11.4 Å². The van der Waals surface area contributed by atoms with Crippen LogP contribution in [0.5, 0.6) is 0 Å². The van der Waals surface area contributed by atoms with Crippen molar-refractivity contribution in [3.63, 3.8) is 0 Å². The molecule has 0 aromatic heterocycles. The van der Waals surface area contributed by atoms with Crippen LogP contribution >= 0.6 is 11.8 Å². The van der Waals surface area contributed by atoms with E-state index in [1.807, 2.05) is 36.0 Å². The molecule has 2 aromatic carbocycles. The fourth-order valence-electron chi connectivity index (χ4n) is 1.77. The van der Waals surface area contributed by atoms with Crippen molar-refractivity contribution in [3.8, 4) is 0 Å². The summed E-state index contributed by atoms with van der Waals surface area (Å²) in [6.45, 7) is 0.980. The third kappa shape index (κ3) is 3.44. The normalized spacial score (nSPS) is 10.3. The predicted molar refractivity (Wildman–Crippen MR) is 81.3 cm³/mol. The number of rotatable bonds is 5. The van der Waals surface area contributed by atoms with Crippen LogP contribution in [0.25, 0.3) is 0 Å². The van der Waals surface area contributed by atoms with E-state index in [0.29, 0.717) is 0 Å². The monoisotopic (exact) mass is 258 g/mol. The van der Waals surface area contributed by atoms with Gasteiger partial charge in [-0.3, -0.25) is 0 Å². The summed E-state index contributed by atoms with van der Waals surface area (Å²) >= 11 is 1.87. The summed E-state index contributed by atoms with van der Waals surface area (Å²) in [6, 6.07) is 18.4. The topological polar surface area (TPSA) is 29.3 Å². The minimum Gasteiger partial charge on any atom is -0.397 e. The lowest BCUT2D eigenvalue weighted by Crippen LogP contribution is -2.21.